The van der Waals surface area contributed by atoms with E-state index < -0.39 is 0 Å². The molecule has 2 nitrogen and oxygen atoms in total. The van der Waals surface area contributed by atoms with Crippen molar-refractivity contribution >= 4 is 11.4 Å². The molecular formula is C14H15FN2. The fourth-order valence-electron chi connectivity index (χ4n) is 1.67. The molecule has 2 rings (SSSR count). The second kappa shape index (κ2) is 5.34. The SMILES string of the molecule is Nc1cccc(CCNc2ccc(F)cc2)c1. The van der Waals surface area contributed by atoms with Crippen molar-refractivity contribution in [2.45, 2.75) is 6.42 Å². The monoisotopic (exact) mass is 230 g/mol. The summed E-state index contributed by atoms with van der Waals surface area (Å²) in [4.78, 5) is 0. The van der Waals surface area contributed by atoms with Crippen molar-refractivity contribution < 1.29 is 4.39 Å². The first kappa shape index (κ1) is 11.5. The van der Waals surface area contributed by atoms with Crippen LogP contribution in [-0.4, -0.2) is 6.54 Å². The summed E-state index contributed by atoms with van der Waals surface area (Å²) < 4.78 is 12.7. The maximum Gasteiger partial charge on any atom is 0.123 e. The average molecular weight is 230 g/mol. The summed E-state index contributed by atoms with van der Waals surface area (Å²) in [5, 5.41) is 3.23. The quantitative estimate of drug-likeness (QED) is 0.792. The molecule has 88 valence electrons. The highest BCUT2D eigenvalue weighted by Crippen LogP contribution is 2.10. The molecule has 0 heterocycles. The third-order valence-electron chi connectivity index (χ3n) is 2.54. The Morgan fingerprint density at radius 1 is 1.06 bits per heavy atom. The van der Waals surface area contributed by atoms with Gasteiger partial charge in [0.25, 0.3) is 0 Å². The molecular weight excluding hydrogens is 215 g/mol. The Bertz CT molecular complexity index is 480. The Labute approximate surface area is 100 Å². The van der Waals surface area contributed by atoms with E-state index in [4.69, 9.17) is 5.73 Å². The van der Waals surface area contributed by atoms with Crippen molar-refractivity contribution in [1.29, 1.82) is 0 Å². The maximum atomic E-state index is 12.7. The highest BCUT2D eigenvalue weighted by molar-refractivity contribution is 5.44. The number of hydrogen-bond acceptors (Lipinski definition) is 2. The van der Waals surface area contributed by atoms with E-state index in [1.165, 1.54) is 17.7 Å². The molecule has 3 N–H and O–H groups in total. The summed E-state index contributed by atoms with van der Waals surface area (Å²) in [6.45, 7) is 0.801. The average Bonchev–Trinajstić information content (AvgIpc) is 2.32. The van der Waals surface area contributed by atoms with Gasteiger partial charge in [0, 0.05) is 17.9 Å². The molecule has 0 aliphatic rings. The summed E-state index contributed by atoms with van der Waals surface area (Å²) >= 11 is 0. The maximum absolute atomic E-state index is 12.7. The fourth-order valence-corrected chi connectivity index (χ4v) is 1.67. The van der Waals surface area contributed by atoms with Gasteiger partial charge in [0.2, 0.25) is 0 Å². The lowest BCUT2D eigenvalue weighted by Crippen LogP contribution is -2.04. The van der Waals surface area contributed by atoms with E-state index in [9.17, 15) is 4.39 Å². The van der Waals surface area contributed by atoms with Crippen LogP contribution in [0.4, 0.5) is 15.8 Å². The molecule has 0 fully saturated rings. The number of anilines is 2. The van der Waals surface area contributed by atoms with Crippen molar-refractivity contribution in [3.8, 4) is 0 Å². The molecule has 2 aromatic rings. The highest BCUT2D eigenvalue weighted by atomic mass is 19.1. The van der Waals surface area contributed by atoms with Crippen LogP contribution >= 0.6 is 0 Å². The van der Waals surface area contributed by atoms with Crippen molar-refractivity contribution in [2.75, 3.05) is 17.6 Å². The Morgan fingerprint density at radius 2 is 1.82 bits per heavy atom. The first-order valence-electron chi connectivity index (χ1n) is 5.58. The molecule has 0 saturated carbocycles. The van der Waals surface area contributed by atoms with E-state index in [0.717, 1.165) is 24.3 Å². The van der Waals surface area contributed by atoms with Gasteiger partial charge in [0.05, 0.1) is 0 Å². The Balaban J connectivity index is 1.85. The van der Waals surface area contributed by atoms with Crippen LogP contribution in [-0.2, 0) is 6.42 Å². The van der Waals surface area contributed by atoms with E-state index in [0.29, 0.717) is 0 Å². The van der Waals surface area contributed by atoms with Crippen molar-refractivity contribution in [1.82, 2.24) is 0 Å². The lowest BCUT2D eigenvalue weighted by molar-refractivity contribution is 0.628. The second-order valence-electron chi connectivity index (χ2n) is 3.93. The topological polar surface area (TPSA) is 38.0 Å². The highest BCUT2D eigenvalue weighted by Gasteiger charge is 1.95. The summed E-state index contributed by atoms with van der Waals surface area (Å²) in [6, 6.07) is 14.2. The molecule has 0 aliphatic carbocycles. The Morgan fingerprint density at radius 3 is 2.53 bits per heavy atom. The van der Waals surface area contributed by atoms with Gasteiger partial charge in [0.1, 0.15) is 5.82 Å². The van der Waals surface area contributed by atoms with Gasteiger partial charge in [-0.3, -0.25) is 0 Å². The Hall–Kier alpha value is -2.03. The van der Waals surface area contributed by atoms with Crippen LogP contribution in [0.3, 0.4) is 0 Å². The number of rotatable bonds is 4. The molecule has 17 heavy (non-hydrogen) atoms. The van der Waals surface area contributed by atoms with Gasteiger partial charge in [-0.05, 0) is 48.4 Å². The molecule has 0 aliphatic heterocycles. The fraction of sp³-hybridized carbons (Fsp3) is 0.143. The summed E-state index contributed by atoms with van der Waals surface area (Å²) in [5.74, 6) is -0.216. The van der Waals surface area contributed by atoms with E-state index in [2.05, 4.69) is 5.32 Å². The van der Waals surface area contributed by atoms with Crippen LogP contribution < -0.4 is 11.1 Å². The lowest BCUT2D eigenvalue weighted by atomic mass is 10.1. The van der Waals surface area contributed by atoms with Crippen LogP contribution in [0.5, 0.6) is 0 Å². The molecule has 0 bridgehead atoms. The van der Waals surface area contributed by atoms with Crippen molar-refractivity contribution in [3.05, 3.63) is 59.9 Å². The minimum absolute atomic E-state index is 0.216. The summed E-state index contributed by atoms with van der Waals surface area (Å²) in [6.07, 6.45) is 0.891. The molecule has 3 heteroatoms. The van der Waals surface area contributed by atoms with E-state index >= 15 is 0 Å². The van der Waals surface area contributed by atoms with E-state index in [1.807, 2.05) is 24.3 Å². The smallest absolute Gasteiger partial charge is 0.123 e. The molecule has 0 unspecified atom stereocenters. The van der Waals surface area contributed by atoms with Gasteiger partial charge in [0.15, 0.2) is 0 Å². The van der Waals surface area contributed by atoms with Gasteiger partial charge in [-0.15, -0.1) is 0 Å². The van der Waals surface area contributed by atoms with Gasteiger partial charge in [-0.25, -0.2) is 4.39 Å². The normalized spacial score (nSPS) is 10.2. The first-order valence-corrected chi connectivity index (χ1v) is 5.58. The molecule has 0 atom stereocenters. The minimum Gasteiger partial charge on any atom is -0.399 e. The Kier molecular flexibility index (Phi) is 3.60. The summed E-state index contributed by atoms with van der Waals surface area (Å²) in [7, 11) is 0. The van der Waals surface area contributed by atoms with E-state index in [1.54, 1.807) is 12.1 Å². The number of nitrogens with two attached hydrogens (primary N) is 1. The zero-order valence-electron chi connectivity index (χ0n) is 9.49. The van der Waals surface area contributed by atoms with Crippen molar-refractivity contribution in [3.63, 3.8) is 0 Å². The van der Waals surface area contributed by atoms with Gasteiger partial charge >= 0.3 is 0 Å². The zero-order chi connectivity index (χ0) is 12.1. The van der Waals surface area contributed by atoms with Gasteiger partial charge in [-0.1, -0.05) is 12.1 Å². The molecule has 0 aromatic heterocycles. The zero-order valence-corrected chi connectivity index (χ0v) is 9.49. The lowest BCUT2D eigenvalue weighted by Gasteiger charge is -2.06. The number of nitrogens with one attached hydrogen (secondary N) is 1. The molecule has 0 amide bonds. The second-order valence-corrected chi connectivity index (χ2v) is 3.93. The molecule has 0 saturated heterocycles. The largest absolute Gasteiger partial charge is 0.399 e. The number of halogens is 1. The molecule has 0 spiro atoms. The number of hydrogen-bond donors (Lipinski definition) is 2. The van der Waals surface area contributed by atoms with Crippen LogP contribution in [0.2, 0.25) is 0 Å². The number of benzene rings is 2. The number of nitrogen functional groups attached to an aromatic ring is 1. The van der Waals surface area contributed by atoms with Crippen LogP contribution in [0, 0.1) is 5.82 Å². The summed E-state index contributed by atoms with van der Waals surface area (Å²) in [5.41, 5.74) is 8.60. The first-order chi connectivity index (χ1) is 8.24. The van der Waals surface area contributed by atoms with Crippen LogP contribution in [0.15, 0.2) is 48.5 Å². The van der Waals surface area contributed by atoms with E-state index in [-0.39, 0.29) is 5.82 Å². The van der Waals surface area contributed by atoms with Crippen molar-refractivity contribution in [2.24, 2.45) is 0 Å². The third-order valence-corrected chi connectivity index (χ3v) is 2.54. The minimum atomic E-state index is -0.216. The third kappa shape index (κ3) is 3.48. The van der Waals surface area contributed by atoms with Crippen LogP contribution in [0.25, 0.3) is 0 Å². The standard InChI is InChI=1S/C14H15FN2/c15-12-4-6-14(7-5-12)17-9-8-11-2-1-3-13(16)10-11/h1-7,10,17H,8-9,16H2. The van der Waals surface area contributed by atoms with Gasteiger partial charge in [-0.2, -0.15) is 0 Å². The predicted molar refractivity (Wildman–Crippen MR) is 69.4 cm³/mol. The molecule has 2 aromatic carbocycles. The van der Waals surface area contributed by atoms with Gasteiger partial charge < -0.3 is 11.1 Å². The molecule has 0 radical (unpaired) electrons. The predicted octanol–water partition coefficient (Wildman–Crippen LogP) is 3.06. The van der Waals surface area contributed by atoms with Crippen LogP contribution in [0.1, 0.15) is 5.56 Å².